The minimum Gasteiger partial charge on any atom is -0.326 e. The average Bonchev–Trinajstić information content (AvgIpc) is 1.80. The molecule has 12 heavy (non-hydrogen) atoms. The van der Waals surface area contributed by atoms with Gasteiger partial charge in [-0.1, -0.05) is 34.1 Å². The smallest absolute Gasteiger partial charge is 0.0102 e. The molecule has 0 amide bonds. The Morgan fingerprint density at radius 1 is 1.17 bits per heavy atom. The third-order valence-corrected chi connectivity index (χ3v) is 2.86. The predicted molar refractivity (Wildman–Crippen MR) is 56.1 cm³/mol. The zero-order chi connectivity index (χ0) is 9.99. The molecule has 1 unspecified atom stereocenters. The van der Waals surface area contributed by atoms with Crippen LogP contribution in [0.25, 0.3) is 0 Å². The van der Waals surface area contributed by atoms with Gasteiger partial charge < -0.3 is 5.73 Å². The third-order valence-electron chi connectivity index (χ3n) is 2.86. The van der Waals surface area contributed by atoms with Gasteiger partial charge in [-0.25, -0.2) is 0 Å². The molecule has 0 aromatic heterocycles. The molecule has 2 N–H and O–H groups in total. The fourth-order valence-electron chi connectivity index (χ4n) is 1.90. The molecular formula is C11H25N. The highest BCUT2D eigenvalue weighted by molar-refractivity contribution is 4.84. The number of hydrogen-bond donors (Lipinski definition) is 1. The van der Waals surface area contributed by atoms with Crippen molar-refractivity contribution in [1.82, 2.24) is 0 Å². The number of hydrogen-bond acceptors (Lipinski definition) is 1. The van der Waals surface area contributed by atoms with Crippen LogP contribution >= 0.6 is 0 Å². The van der Waals surface area contributed by atoms with Gasteiger partial charge in [0.2, 0.25) is 0 Å². The molecular weight excluding hydrogens is 146 g/mol. The number of nitrogens with two attached hydrogens (primary N) is 1. The summed E-state index contributed by atoms with van der Waals surface area (Å²) in [5.74, 6) is 0.750. The quantitative estimate of drug-likeness (QED) is 0.690. The highest BCUT2D eigenvalue weighted by Crippen LogP contribution is 2.35. The monoisotopic (exact) mass is 171 g/mol. The van der Waals surface area contributed by atoms with Crippen molar-refractivity contribution < 1.29 is 0 Å². The first kappa shape index (κ1) is 12.0. The fraction of sp³-hybridized carbons (Fsp3) is 1.00. The zero-order valence-corrected chi connectivity index (χ0v) is 9.57. The second kappa shape index (κ2) is 3.78. The Morgan fingerprint density at radius 3 is 1.83 bits per heavy atom. The molecule has 1 heteroatoms. The summed E-state index contributed by atoms with van der Waals surface area (Å²) in [6.45, 7) is 13.4. The molecule has 0 spiro atoms. The van der Waals surface area contributed by atoms with Crippen molar-refractivity contribution in [2.75, 3.05) is 0 Å². The van der Waals surface area contributed by atoms with E-state index in [1.165, 1.54) is 6.42 Å². The molecule has 0 saturated heterocycles. The summed E-state index contributed by atoms with van der Waals surface area (Å²) in [4.78, 5) is 0. The molecule has 0 heterocycles. The summed E-state index contributed by atoms with van der Waals surface area (Å²) in [5.41, 5.74) is 6.35. The summed E-state index contributed by atoms with van der Waals surface area (Å²) in [6.07, 6.45) is 2.33. The molecule has 0 aromatic rings. The molecule has 0 aliphatic rings. The molecule has 0 bridgehead atoms. The molecule has 0 fully saturated rings. The van der Waals surface area contributed by atoms with Gasteiger partial charge in [0.05, 0.1) is 0 Å². The van der Waals surface area contributed by atoms with E-state index < -0.39 is 0 Å². The highest BCUT2D eigenvalue weighted by Gasteiger charge is 2.29. The van der Waals surface area contributed by atoms with Crippen molar-refractivity contribution in [2.24, 2.45) is 17.1 Å². The molecule has 1 atom stereocenters. The largest absolute Gasteiger partial charge is 0.326 e. The molecule has 0 radical (unpaired) electrons. The summed E-state index contributed by atoms with van der Waals surface area (Å²) < 4.78 is 0. The summed E-state index contributed by atoms with van der Waals surface area (Å²) in [7, 11) is 0. The summed E-state index contributed by atoms with van der Waals surface area (Å²) in [5, 5.41) is 0. The van der Waals surface area contributed by atoms with Crippen LogP contribution in [0.5, 0.6) is 0 Å². The molecule has 0 aliphatic heterocycles. The maximum Gasteiger partial charge on any atom is 0.0102 e. The molecule has 0 aliphatic carbocycles. The summed E-state index contributed by atoms with van der Waals surface area (Å²) >= 11 is 0. The van der Waals surface area contributed by atoms with E-state index in [0.29, 0.717) is 5.41 Å². The Bertz CT molecular complexity index is 130. The Morgan fingerprint density at radius 2 is 1.58 bits per heavy atom. The molecule has 0 aromatic carbocycles. The lowest BCUT2D eigenvalue weighted by Crippen LogP contribution is -2.39. The van der Waals surface area contributed by atoms with Crippen molar-refractivity contribution in [1.29, 1.82) is 0 Å². The average molecular weight is 171 g/mol. The van der Waals surface area contributed by atoms with E-state index in [9.17, 15) is 0 Å². The topological polar surface area (TPSA) is 26.0 Å². The Kier molecular flexibility index (Phi) is 3.77. The van der Waals surface area contributed by atoms with Crippen molar-refractivity contribution in [3.63, 3.8) is 0 Å². The highest BCUT2D eigenvalue weighted by atomic mass is 14.7. The Balaban J connectivity index is 4.22. The van der Waals surface area contributed by atoms with Gasteiger partial charge >= 0.3 is 0 Å². The van der Waals surface area contributed by atoms with Crippen LogP contribution in [0.2, 0.25) is 0 Å². The lowest BCUT2D eigenvalue weighted by atomic mass is 9.71. The zero-order valence-electron chi connectivity index (χ0n) is 9.57. The van der Waals surface area contributed by atoms with Crippen LogP contribution < -0.4 is 5.73 Å². The maximum atomic E-state index is 6.01. The van der Waals surface area contributed by atoms with Gasteiger partial charge in [-0.3, -0.25) is 0 Å². The van der Waals surface area contributed by atoms with Crippen LogP contribution in [-0.2, 0) is 0 Å². The van der Waals surface area contributed by atoms with Crippen LogP contribution in [0.3, 0.4) is 0 Å². The van der Waals surface area contributed by atoms with Gasteiger partial charge in [-0.15, -0.1) is 0 Å². The molecule has 1 nitrogen and oxygen atoms in total. The van der Waals surface area contributed by atoms with E-state index >= 15 is 0 Å². The van der Waals surface area contributed by atoms with Crippen molar-refractivity contribution in [3.05, 3.63) is 0 Å². The first-order chi connectivity index (χ1) is 5.19. The van der Waals surface area contributed by atoms with Crippen LogP contribution in [0.1, 0.15) is 54.4 Å². The predicted octanol–water partition coefficient (Wildman–Crippen LogP) is 3.19. The molecule has 74 valence electrons. The first-order valence-electron chi connectivity index (χ1n) is 4.98. The molecule has 0 rings (SSSR count). The Labute approximate surface area is 77.7 Å². The third kappa shape index (κ3) is 4.10. The van der Waals surface area contributed by atoms with Gasteiger partial charge in [-0.2, -0.15) is 0 Å². The van der Waals surface area contributed by atoms with Gasteiger partial charge in [0, 0.05) is 5.54 Å². The second-order valence-corrected chi connectivity index (χ2v) is 5.46. The van der Waals surface area contributed by atoms with E-state index in [2.05, 4.69) is 41.5 Å². The first-order valence-corrected chi connectivity index (χ1v) is 4.98. The minimum atomic E-state index is -0.0348. The Hall–Kier alpha value is -0.0400. The van der Waals surface area contributed by atoms with Crippen molar-refractivity contribution in [2.45, 2.75) is 59.9 Å². The van der Waals surface area contributed by atoms with Crippen molar-refractivity contribution >= 4 is 0 Å². The standard InChI is InChI=1S/C11H25N/c1-7-9(2)10(3,4)8-11(5,6)12/h9H,7-8,12H2,1-6H3. The SMILES string of the molecule is CCC(C)C(C)(C)CC(C)(C)N. The van der Waals surface area contributed by atoms with Crippen LogP contribution in [0.15, 0.2) is 0 Å². The van der Waals surface area contributed by atoms with Gasteiger partial charge in [0.15, 0.2) is 0 Å². The van der Waals surface area contributed by atoms with E-state index in [1.54, 1.807) is 0 Å². The van der Waals surface area contributed by atoms with Gasteiger partial charge in [-0.05, 0) is 31.6 Å². The summed E-state index contributed by atoms with van der Waals surface area (Å²) in [6, 6.07) is 0. The van der Waals surface area contributed by atoms with Crippen LogP contribution in [-0.4, -0.2) is 5.54 Å². The van der Waals surface area contributed by atoms with E-state index in [-0.39, 0.29) is 5.54 Å². The normalized spacial score (nSPS) is 16.2. The van der Waals surface area contributed by atoms with Crippen LogP contribution in [0, 0.1) is 11.3 Å². The van der Waals surface area contributed by atoms with Crippen LogP contribution in [0.4, 0.5) is 0 Å². The fourth-order valence-corrected chi connectivity index (χ4v) is 1.90. The van der Waals surface area contributed by atoms with E-state index in [0.717, 1.165) is 12.3 Å². The maximum absolute atomic E-state index is 6.01. The van der Waals surface area contributed by atoms with Crippen molar-refractivity contribution in [3.8, 4) is 0 Å². The number of rotatable bonds is 4. The van der Waals surface area contributed by atoms with E-state index in [1.807, 2.05) is 0 Å². The lowest BCUT2D eigenvalue weighted by Gasteiger charge is -2.37. The molecule has 0 saturated carbocycles. The van der Waals surface area contributed by atoms with Gasteiger partial charge in [0.25, 0.3) is 0 Å². The second-order valence-electron chi connectivity index (χ2n) is 5.46. The van der Waals surface area contributed by atoms with E-state index in [4.69, 9.17) is 5.73 Å². The lowest BCUT2D eigenvalue weighted by molar-refractivity contribution is 0.166. The minimum absolute atomic E-state index is 0.0348. The van der Waals surface area contributed by atoms with Gasteiger partial charge in [0.1, 0.15) is 0 Å².